The summed E-state index contributed by atoms with van der Waals surface area (Å²) in [5.74, 6) is -1.30. The molecule has 10 heteroatoms. The molecule has 0 saturated carbocycles. The Labute approximate surface area is 158 Å². The number of fused-ring (bicyclic) bond motifs is 1. The maximum Gasteiger partial charge on any atom is 0.439 e. The monoisotopic (exact) mass is 381 g/mol. The van der Waals surface area contributed by atoms with Crippen molar-refractivity contribution in [3.63, 3.8) is 0 Å². The van der Waals surface area contributed by atoms with Crippen LogP contribution in [-0.2, 0) is 11.2 Å². The molecule has 0 spiro atoms. The second-order valence-electron chi connectivity index (χ2n) is 6.20. The Bertz CT molecular complexity index is 1120. The topological polar surface area (TPSA) is 140 Å². The summed E-state index contributed by atoms with van der Waals surface area (Å²) in [6, 6.07) is 6.70. The van der Waals surface area contributed by atoms with Crippen LogP contribution in [0.2, 0.25) is 0 Å². The van der Waals surface area contributed by atoms with Crippen LogP contribution >= 0.6 is 0 Å². The summed E-state index contributed by atoms with van der Waals surface area (Å²) in [5.41, 5.74) is 2.85. The summed E-state index contributed by atoms with van der Waals surface area (Å²) < 4.78 is 9.14. The average molecular weight is 381 g/mol. The van der Waals surface area contributed by atoms with E-state index < -0.39 is 17.6 Å². The van der Waals surface area contributed by atoms with Crippen LogP contribution in [0, 0.1) is 0 Å². The van der Waals surface area contributed by atoms with E-state index in [0.29, 0.717) is 5.82 Å². The number of hydrogen-bond acceptors (Lipinski definition) is 8. The van der Waals surface area contributed by atoms with Crippen molar-refractivity contribution in [2.24, 2.45) is 0 Å². The number of ether oxygens (including phenoxy) is 1. The van der Waals surface area contributed by atoms with E-state index in [1.807, 2.05) is 12.1 Å². The van der Waals surface area contributed by atoms with Gasteiger partial charge < -0.3 is 10.1 Å². The first-order valence-corrected chi connectivity index (χ1v) is 8.45. The summed E-state index contributed by atoms with van der Waals surface area (Å²) in [6.07, 6.45) is 2.62. The number of aromatic amines is 1. The zero-order valence-electron chi connectivity index (χ0n) is 14.8. The maximum atomic E-state index is 12.5. The van der Waals surface area contributed by atoms with Gasteiger partial charge in [-0.15, -0.1) is 0 Å². The normalized spacial score (nSPS) is 15.1. The predicted octanol–water partition coefficient (Wildman–Crippen LogP) is 1.02. The molecule has 10 nitrogen and oxygen atoms in total. The number of esters is 1. The van der Waals surface area contributed by atoms with E-state index in [4.69, 9.17) is 0 Å². The van der Waals surface area contributed by atoms with Crippen molar-refractivity contribution in [3.05, 3.63) is 63.7 Å². The highest BCUT2D eigenvalue weighted by atomic mass is 16.5. The van der Waals surface area contributed by atoms with Crippen LogP contribution in [0.4, 0.5) is 0 Å². The molecule has 0 unspecified atom stereocenters. The second kappa shape index (κ2) is 7.06. The molecule has 28 heavy (non-hydrogen) atoms. The quantitative estimate of drug-likeness (QED) is 0.639. The van der Waals surface area contributed by atoms with Crippen molar-refractivity contribution in [2.45, 2.75) is 18.9 Å². The van der Waals surface area contributed by atoms with Crippen LogP contribution < -0.4 is 11.1 Å². The van der Waals surface area contributed by atoms with Gasteiger partial charge in [0.25, 0.3) is 5.91 Å². The van der Waals surface area contributed by atoms with Crippen molar-refractivity contribution < 1.29 is 18.8 Å². The zero-order chi connectivity index (χ0) is 19.7. The standard InChI is InChI=1S/C18H15N5O5/c1-27-17(25)14-7-13(19-8-20-14)16(24)21-12-5-3-9-6-10(2-4-11(9)12)15-22-18(26)28-23-15/h2,4,6-8,12H,3,5H2,1H3,(H,21,24)(H,22,23,26)/t12-/m0/s1. The molecule has 4 rings (SSSR count). The minimum absolute atomic E-state index is 0.0146. The fourth-order valence-electron chi connectivity index (χ4n) is 3.20. The predicted molar refractivity (Wildman–Crippen MR) is 94.5 cm³/mol. The zero-order valence-corrected chi connectivity index (χ0v) is 14.8. The average Bonchev–Trinajstić information content (AvgIpc) is 3.33. The molecule has 2 aromatic heterocycles. The molecule has 1 aromatic carbocycles. The summed E-state index contributed by atoms with van der Waals surface area (Å²) in [7, 11) is 1.24. The first-order valence-electron chi connectivity index (χ1n) is 8.45. The first-order chi connectivity index (χ1) is 13.5. The van der Waals surface area contributed by atoms with Gasteiger partial charge in [0.15, 0.2) is 11.5 Å². The molecule has 2 N–H and O–H groups in total. The minimum atomic E-state index is -0.638. The van der Waals surface area contributed by atoms with Gasteiger partial charge >= 0.3 is 11.7 Å². The molecule has 2 heterocycles. The number of aromatic nitrogens is 4. The number of carbonyl (C=O) groups excluding carboxylic acids is 2. The van der Waals surface area contributed by atoms with Gasteiger partial charge in [0, 0.05) is 11.6 Å². The van der Waals surface area contributed by atoms with Crippen LogP contribution in [0.25, 0.3) is 11.4 Å². The lowest BCUT2D eigenvalue weighted by Gasteiger charge is -2.14. The van der Waals surface area contributed by atoms with Crippen LogP contribution in [0.15, 0.2) is 39.9 Å². The molecule has 0 radical (unpaired) electrons. The van der Waals surface area contributed by atoms with Crippen molar-refractivity contribution in [1.82, 2.24) is 25.4 Å². The highest BCUT2D eigenvalue weighted by Crippen LogP contribution is 2.33. The number of nitrogens with one attached hydrogen (secondary N) is 2. The lowest BCUT2D eigenvalue weighted by Crippen LogP contribution is -2.28. The molecular formula is C18H15N5O5. The van der Waals surface area contributed by atoms with E-state index in [-0.39, 0.29) is 17.4 Å². The van der Waals surface area contributed by atoms with E-state index in [1.165, 1.54) is 13.2 Å². The molecule has 0 aliphatic heterocycles. The number of H-pyrrole nitrogens is 1. The Balaban J connectivity index is 1.53. The van der Waals surface area contributed by atoms with Crippen LogP contribution in [0.5, 0.6) is 0 Å². The van der Waals surface area contributed by atoms with Gasteiger partial charge in [-0.05, 0) is 30.0 Å². The number of hydrogen-bond donors (Lipinski definition) is 2. The van der Waals surface area contributed by atoms with Gasteiger partial charge in [0.2, 0.25) is 0 Å². The Morgan fingerprint density at radius 3 is 2.82 bits per heavy atom. The Morgan fingerprint density at radius 1 is 1.25 bits per heavy atom. The van der Waals surface area contributed by atoms with Crippen molar-refractivity contribution >= 4 is 11.9 Å². The molecule has 0 fully saturated rings. The van der Waals surface area contributed by atoms with Crippen molar-refractivity contribution in [3.8, 4) is 11.4 Å². The largest absolute Gasteiger partial charge is 0.464 e. The fraction of sp³-hybridized carbons (Fsp3) is 0.222. The molecule has 0 bridgehead atoms. The molecule has 142 valence electrons. The maximum absolute atomic E-state index is 12.5. The summed E-state index contributed by atoms with van der Waals surface area (Å²) in [6.45, 7) is 0. The fourth-order valence-corrected chi connectivity index (χ4v) is 3.20. The van der Waals surface area contributed by atoms with E-state index in [9.17, 15) is 14.4 Å². The number of carbonyl (C=O) groups is 2. The third kappa shape index (κ3) is 3.27. The van der Waals surface area contributed by atoms with Gasteiger partial charge in [-0.3, -0.25) is 14.3 Å². The number of benzene rings is 1. The van der Waals surface area contributed by atoms with E-state index >= 15 is 0 Å². The number of methoxy groups -OCH3 is 1. The molecule has 1 atom stereocenters. The van der Waals surface area contributed by atoms with Gasteiger partial charge in [-0.25, -0.2) is 19.6 Å². The number of nitrogens with zero attached hydrogens (tertiary/aromatic N) is 3. The summed E-state index contributed by atoms with van der Waals surface area (Å²) in [5, 5.41) is 6.61. The molecule has 1 amide bonds. The van der Waals surface area contributed by atoms with Crippen LogP contribution in [0.3, 0.4) is 0 Å². The van der Waals surface area contributed by atoms with Gasteiger partial charge in [0.05, 0.1) is 13.2 Å². The van der Waals surface area contributed by atoms with E-state index in [1.54, 1.807) is 6.07 Å². The lowest BCUT2D eigenvalue weighted by atomic mass is 10.0. The van der Waals surface area contributed by atoms with E-state index in [2.05, 4.69) is 34.7 Å². The Hall–Kier alpha value is -3.82. The van der Waals surface area contributed by atoms with E-state index in [0.717, 1.165) is 35.9 Å². The highest BCUT2D eigenvalue weighted by Gasteiger charge is 2.26. The number of rotatable bonds is 4. The van der Waals surface area contributed by atoms with Gasteiger partial charge in [-0.1, -0.05) is 17.3 Å². The van der Waals surface area contributed by atoms with Crippen LogP contribution in [0.1, 0.15) is 44.6 Å². The molecule has 0 saturated heterocycles. The molecular weight excluding hydrogens is 366 g/mol. The number of aryl methyl sites for hydroxylation is 1. The smallest absolute Gasteiger partial charge is 0.439 e. The molecule has 3 aromatic rings. The lowest BCUT2D eigenvalue weighted by molar-refractivity contribution is 0.0593. The molecule has 1 aliphatic carbocycles. The first kappa shape index (κ1) is 17.6. The third-order valence-corrected chi connectivity index (χ3v) is 4.53. The summed E-state index contributed by atoms with van der Waals surface area (Å²) in [4.78, 5) is 45.5. The van der Waals surface area contributed by atoms with Gasteiger partial charge in [0.1, 0.15) is 12.0 Å². The third-order valence-electron chi connectivity index (χ3n) is 4.53. The summed E-state index contributed by atoms with van der Waals surface area (Å²) >= 11 is 0. The van der Waals surface area contributed by atoms with Crippen molar-refractivity contribution in [1.29, 1.82) is 0 Å². The minimum Gasteiger partial charge on any atom is -0.464 e. The Kier molecular flexibility index (Phi) is 4.44. The highest BCUT2D eigenvalue weighted by molar-refractivity contribution is 5.95. The van der Waals surface area contributed by atoms with Crippen molar-refractivity contribution in [2.75, 3.05) is 7.11 Å². The van der Waals surface area contributed by atoms with Crippen LogP contribution in [-0.4, -0.2) is 39.1 Å². The number of amides is 1. The van der Waals surface area contributed by atoms with Gasteiger partial charge in [-0.2, -0.15) is 0 Å². The Morgan fingerprint density at radius 2 is 2.07 bits per heavy atom. The molecule has 1 aliphatic rings. The second-order valence-corrected chi connectivity index (χ2v) is 6.20. The SMILES string of the molecule is COC(=O)c1cc(C(=O)N[C@H]2CCc3cc(-c4noc(=O)[nH]4)ccc32)ncn1.